The Labute approximate surface area is 168 Å². The topological polar surface area (TPSA) is 0 Å². The molecular formula is C27H40. The molecule has 0 bridgehead atoms. The first-order valence-electron chi connectivity index (χ1n) is 10.9. The Morgan fingerprint density at radius 2 is 0.963 bits per heavy atom. The molecule has 148 valence electrons. The van der Waals surface area contributed by atoms with E-state index < -0.39 is 0 Å². The highest BCUT2D eigenvalue weighted by molar-refractivity contribution is 5.39. The van der Waals surface area contributed by atoms with Gasteiger partial charge in [-0.2, -0.15) is 0 Å². The van der Waals surface area contributed by atoms with Gasteiger partial charge in [0.05, 0.1) is 0 Å². The van der Waals surface area contributed by atoms with Crippen molar-refractivity contribution in [1.82, 2.24) is 0 Å². The molecule has 0 radical (unpaired) electrons. The van der Waals surface area contributed by atoms with Crippen LogP contribution in [0.4, 0.5) is 0 Å². The summed E-state index contributed by atoms with van der Waals surface area (Å²) in [5.41, 5.74) is 7.57. The maximum Gasteiger partial charge on any atom is -0.0159 e. The summed E-state index contributed by atoms with van der Waals surface area (Å²) in [5, 5.41) is 0. The SMILES string of the molecule is CC(C)c1ccc(C(C)C)c(C2CC2)c1.CC(C)c1ccc(C(C)C)cc1. The largest absolute Gasteiger partial charge is 0.0587 e. The number of benzene rings is 2. The lowest BCUT2D eigenvalue weighted by atomic mass is 9.90. The van der Waals surface area contributed by atoms with Crippen LogP contribution in [-0.2, 0) is 0 Å². The van der Waals surface area contributed by atoms with Crippen molar-refractivity contribution >= 4 is 0 Å². The molecule has 1 aliphatic rings. The highest BCUT2D eigenvalue weighted by atomic mass is 14.3. The molecule has 0 heterocycles. The molecule has 0 spiro atoms. The smallest absolute Gasteiger partial charge is 0.0159 e. The first-order valence-corrected chi connectivity index (χ1v) is 10.9. The zero-order chi connectivity index (χ0) is 20.1. The number of rotatable bonds is 5. The summed E-state index contributed by atoms with van der Waals surface area (Å²) in [6.07, 6.45) is 2.81. The van der Waals surface area contributed by atoms with E-state index in [1.807, 2.05) is 0 Å². The number of hydrogen-bond donors (Lipinski definition) is 0. The van der Waals surface area contributed by atoms with Gasteiger partial charge in [-0.25, -0.2) is 0 Å². The summed E-state index contributed by atoms with van der Waals surface area (Å²) in [6, 6.07) is 16.1. The molecule has 0 heteroatoms. The van der Waals surface area contributed by atoms with Gasteiger partial charge in [-0.05, 0) is 70.2 Å². The van der Waals surface area contributed by atoms with Crippen molar-refractivity contribution in [2.75, 3.05) is 0 Å². The molecule has 0 amide bonds. The third-order valence-corrected chi connectivity index (χ3v) is 5.69. The highest BCUT2D eigenvalue weighted by Gasteiger charge is 2.27. The van der Waals surface area contributed by atoms with E-state index in [0.717, 1.165) is 5.92 Å². The monoisotopic (exact) mass is 364 g/mol. The standard InChI is InChI=1S/C15H22.C12H18/c1-10(2)13-7-8-14(11(3)4)15(9-13)12-5-6-12;1-9(2)11-5-7-12(8-6-11)10(3)4/h7-12H,5-6H2,1-4H3;5-10H,1-4H3. The van der Waals surface area contributed by atoms with Crippen molar-refractivity contribution < 1.29 is 0 Å². The van der Waals surface area contributed by atoms with Crippen LogP contribution in [0.15, 0.2) is 42.5 Å². The molecule has 1 saturated carbocycles. The van der Waals surface area contributed by atoms with Gasteiger partial charge in [0, 0.05) is 0 Å². The van der Waals surface area contributed by atoms with E-state index in [4.69, 9.17) is 0 Å². The van der Waals surface area contributed by atoms with Gasteiger partial charge < -0.3 is 0 Å². The quantitative estimate of drug-likeness (QED) is 0.497. The average molecular weight is 365 g/mol. The first-order chi connectivity index (χ1) is 12.7. The maximum absolute atomic E-state index is 2.46. The van der Waals surface area contributed by atoms with Crippen LogP contribution in [0.1, 0.15) is 126 Å². The van der Waals surface area contributed by atoms with Crippen LogP contribution in [0.2, 0.25) is 0 Å². The molecule has 0 nitrogen and oxygen atoms in total. The Balaban J connectivity index is 0.000000199. The van der Waals surface area contributed by atoms with Gasteiger partial charge in [-0.15, -0.1) is 0 Å². The Morgan fingerprint density at radius 1 is 0.556 bits per heavy atom. The van der Waals surface area contributed by atoms with Crippen molar-refractivity contribution in [2.45, 2.75) is 97.8 Å². The van der Waals surface area contributed by atoms with Gasteiger partial charge in [0.25, 0.3) is 0 Å². The Bertz CT molecular complexity index is 670. The van der Waals surface area contributed by atoms with Gasteiger partial charge in [-0.3, -0.25) is 0 Å². The zero-order valence-corrected chi connectivity index (χ0v) is 18.8. The Kier molecular flexibility index (Phi) is 7.71. The van der Waals surface area contributed by atoms with Crippen LogP contribution < -0.4 is 0 Å². The fourth-order valence-electron chi connectivity index (χ4n) is 3.49. The highest BCUT2D eigenvalue weighted by Crippen LogP contribution is 2.44. The third-order valence-electron chi connectivity index (χ3n) is 5.69. The zero-order valence-electron chi connectivity index (χ0n) is 18.8. The van der Waals surface area contributed by atoms with Crippen LogP contribution in [0.25, 0.3) is 0 Å². The molecule has 1 aliphatic carbocycles. The van der Waals surface area contributed by atoms with Crippen molar-refractivity contribution in [3.63, 3.8) is 0 Å². The molecule has 0 unspecified atom stereocenters. The molecule has 0 aliphatic heterocycles. The van der Waals surface area contributed by atoms with Crippen LogP contribution >= 0.6 is 0 Å². The molecule has 1 fully saturated rings. The Morgan fingerprint density at radius 3 is 1.30 bits per heavy atom. The van der Waals surface area contributed by atoms with Gasteiger partial charge >= 0.3 is 0 Å². The minimum Gasteiger partial charge on any atom is -0.0587 e. The molecule has 2 aromatic carbocycles. The lowest BCUT2D eigenvalue weighted by Crippen LogP contribution is -1.98. The normalized spacial score (nSPS) is 14.1. The first kappa shape index (κ1) is 21.7. The fourth-order valence-corrected chi connectivity index (χ4v) is 3.49. The maximum atomic E-state index is 2.46. The van der Waals surface area contributed by atoms with Gasteiger partial charge in [-0.1, -0.05) is 97.9 Å². The minimum atomic E-state index is 0.645. The Hall–Kier alpha value is -1.56. The molecule has 0 aromatic heterocycles. The summed E-state index contributed by atoms with van der Waals surface area (Å²) >= 11 is 0. The summed E-state index contributed by atoms with van der Waals surface area (Å²) in [7, 11) is 0. The van der Waals surface area contributed by atoms with Crippen molar-refractivity contribution in [1.29, 1.82) is 0 Å². The molecule has 3 rings (SSSR count). The minimum absolute atomic E-state index is 0.645. The van der Waals surface area contributed by atoms with E-state index in [-0.39, 0.29) is 0 Å². The molecule has 2 aromatic rings. The van der Waals surface area contributed by atoms with Crippen LogP contribution in [-0.4, -0.2) is 0 Å². The molecule has 0 N–H and O–H groups in total. The van der Waals surface area contributed by atoms with Gasteiger partial charge in [0.2, 0.25) is 0 Å². The molecule has 0 atom stereocenters. The lowest BCUT2D eigenvalue weighted by Gasteiger charge is -2.15. The van der Waals surface area contributed by atoms with Crippen LogP contribution in [0, 0.1) is 0 Å². The van der Waals surface area contributed by atoms with Crippen molar-refractivity contribution in [3.8, 4) is 0 Å². The number of hydrogen-bond acceptors (Lipinski definition) is 0. The predicted octanol–water partition coefficient (Wildman–Crippen LogP) is 8.74. The van der Waals surface area contributed by atoms with Crippen LogP contribution in [0.3, 0.4) is 0 Å². The van der Waals surface area contributed by atoms with E-state index in [1.165, 1.54) is 29.5 Å². The predicted molar refractivity (Wildman–Crippen MR) is 121 cm³/mol. The summed E-state index contributed by atoms with van der Waals surface area (Å²) in [5.74, 6) is 3.49. The lowest BCUT2D eigenvalue weighted by molar-refractivity contribution is 0.822. The van der Waals surface area contributed by atoms with E-state index in [0.29, 0.717) is 23.7 Å². The second-order valence-electron chi connectivity index (χ2n) is 9.45. The fraction of sp³-hybridized carbons (Fsp3) is 0.556. The molecular weight excluding hydrogens is 324 g/mol. The average Bonchev–Trinajstić information content (AvgIpc) is 3.46. The van der Waals surface area contributed by atoms with E-state index >= 15 is 0 Å². The second kappa shape index (κ2) is 9.58. The third kappa shape index (κ3) is 6.23. The van der Waals surface area contributed by atoms with Gasteiger partial charge in [0.15, 0.2) is 0 Å². The molecule has 27 heavy (non-hydrogen) atoms. The van der Waals surface area contributed by atoms with Crippen molar-refractivity contribution in [3.05, 3.63) is 70.3 Å². The van der Waals surface area contributed by atoms with Crippen LogP contribution in [0.5, 0.6) is 0 Å². The van der Waals surface area contributed by atoms with Crippen molar-refractivity contribution in [2.24, 2.45) is 0 Å². The molecule has 0 saturated heterocycles. The van der Waals surface area contributed by atoms with E-state index in [9.17, 15) is 0 Å². The van der Waals surface area contributed by atoms with E-state index in [2.05, 4.69) is 97.9 Å². The second-order valence-corrected chi connectivity index (χ2v) is 9.45. The summed E-state index contributed by atoms with van der Waals surface area (Å²) in [4.78, 5) is 0. The summed E-state index contributed by atoms with van der Waals surface area (Å²) < 4.78 is 0. The van der Waals surface area contributed by atoms with E-state index in [1.54, 1.807) is 11.1 Å². The van der Waals surface area contributed by atoms with Gasteiger partial charge in [0.1, 0.15) is 0 Å². The summed E-state index contributed by atoms with van der Waals surface area (Å²) in [6.45, 7) is 18.1.